The Labute approximate surface area is 197 Å². The van der Waals surface area contributed by atoms with Crippen molar-refractivity contribution in [2.75, 3.05) is 18.0 Å². The maximum absolute atomic E-state index is 15.4. The van der Waals surface area contributed by atoms with E-state index in [4.69, 9.17) is 10.5 Å². The number of carboxylic acid groups (broad SMARTS) is 1. The van der Waals surface area contributed by atoms with E-state index in [0.29, 0.717) is 62.3 Å². The maximum Gasteiger partial charge on any atom is 0.341 e. The number of hydrogen-bond acceptors (Lipinski definition) is 6. The molecule has 34 heavy (non-hydrogen) atoms. The summed E-state index contributed by atoms with van der Waals surface area (Å²) in [5.74, 6) is -1.95. The molecule has 1 saturated heterocycles. The van der Waals surface area contributed by atoms with Crippen molar-refractivity contribution in [1.29, 1.82) is 0 Å². The van der Waals surface area contributed by atoms with Crippen molar-refractivity contribution in [1.82, 2.24) is 4.57 Å². The van der Waals surface area contributed by atoms with Crippen LogP contribution in [0, 0.1) is 11.7 Å². The monoisotopic (exact) mass is 473 g/mol. The molecule has 0 saturated carbocycles. The lowest BCUT2D eigenvalue weighted by atomic mass is 9.93. The molecule has 2 aliphatic rings. The van der Waals surface area contributed by atoms with E-state index in [1.807, 2.05) is 25.7 Å². The fourth-order valence-electron chi connectivity index (χ4n) is 5.18. The summed E-state index contributed by atoms with van der Waals surface area (Å²) in [6.45, 7) is 6.96. The molecule has 3 N–H and O–H groups in total. The van der Waals surface area contributed by atoms with Crippen LogP contribution in [0.15, 0.2) is 17.1 Å². The third-order valence-corrected chi connectivity index (χ3v) is 6.93. The Morgan fingerprint density at radius 3 is 2.56 bits per heavy atom. The van der Waals surface area contributed by atoms with Crippen molar-refractivity contribution in [3.63, 3.8) is 0 Å². The van der Waals surface area contributed by atoms with Crippen molar-refractivity contribution >= 4 is 28.5 Å². The second-order valence-corrected chi connectivity index (χ2v) is 9.91. The van der Waals surface area contributed by atoms with E-state index >= 15 is 4.39 Å². The van der Waals surface area contributed by atoms with E-state index in [0.717, 1.165) is 5.56 Å². The molecule has 2 atom stereocenters. The molecule has 9 heteroatoms. The molecule has 8 nitrogen and oxygen atoms in total. The normalized spacial score (nSPS) is 19.5. The summed E-state index contributed by atoms with van der Waals surface area (Å²) in [6, 6.07) is 0.524. The van der Waals surface area contributed by atoms with Crippen LogP contribution in [0.5, 0.6) is 0 Å². The van der Waals surface area contributed by atoms with E-state index < -0.39 is 29.2 Å². The number of piperidine rings is 1. The number of halogens is 1. The molecule has 0 amide bonds. The van der Waals surface area contributed by atoms with Gasteiger partial charge in [-0.25, -0.2) is 9.18 Å². The van der Waals surface area contributed by atoms with Gasteiger partial charge in [0.2, 0.25) is 5.43 Å². The van der Waals surface area contributed by atoms with Gasteiger partial charge >= 0.3 is 11.9 Å². The number of esters is 1. The molecule has 2 aliphatic heterocycles. The van der Waals surface area contributed by atoms with Crippen LogP contribution in [-0.2, 0) is 16.0 Å². The third-order valence-electron chi connectivity index (χ3n) is 6.93. The summed E-state index contributed by atoms with van der Waals surface area (Å²) in [4.78, 5) is 38.6. The standard InChI is InChI=1S/C25H32FN3O5/c1-13(2)10-20(27)25(33)34-15-6-8-28(9-7-15)22-16-5-4-14(3)29-12-18(24(31)32)23(30)17(21(16)29)11-19(22)26/h11-15,20H,4-10,27H2,1-3H3,(H,31,32)/t14-,20+/m0/s1. The van der Waals surface area contributed by atoms with Gasteiger partial charge in [-0.2, -0.15) is 0 Å². The first-order chi connectivity index (χ1) is 16.1. The van der Waals surface area contributed by atoms with Crippen LogP contribution in [-0.4, -0.2) is 46.8 Å². The molecule has 2 aromatic rings. The Bertz CT molecular complexity index is 1180. The second kappa shape index (κ2) is 9.37. The predicted octanol–water partition coefficient (Wildman–Crippen LogP) is 3.23. The molecule has 0 unspecified atom stereocenters. The van der Waals surface area contributed by atoms with Crippen LogP contribution in [0.1, 0.15) is 68.4 Å². The van der Waals surface area contributed by atoms with Crippen LogP contribution in [0.4, 0.5) is 10.1 Å². The summed E-state index contributed by atoms with van der Waals surface area (Å²) in [5, 5.41) is 9.55. The third kappa shape index (κ3) is 4.41. The Hall–Kier alpha value is -2.94. The lowest BCUT2D eigenvalue weighted by molar-refractivity contribution is -0.152. The predicted molar refractivity (Wildman–Crippen MR) is 127 cm³/mol. The number of nitrogens with zero attached hydrogens (tertiary/aromatic N) is 2. The number of carboxylic acids is 1. The van der Waals surface area contributed by atoms with Crippen LogP contribution in [0.2, 0.25) is 0 Å². The highest BCUT2D eigenvalue weighted by molar-refractivity contribution is 5.95. The molecule has 4 rings (SSSR count). The first kappa shape index (κ1) is 24.2. The van der Waals surface area contributed by atoms with Gasteiger partial charge in [0, 0.05) is 49.1 Å². The average molecular weight is 474 g/mol. The van der Waals surface area contributed by atoms with Crippen LogP contribution in [0.25, 0.3) is 10.9 Å². The number of anilines is 1. The summed E-state index contributed by atoms with van der Waals surface area (Å²) in [6.07, 6.45) is 4.09. The van der Waals surface area contributed by atoms with Crippen LogP contribution < -0.4 is 16.1 Å². The summed E-state index contributed by atoms with van der Waals surface area (Å²) >= 11 is 0. The van der Waals surface area contributed by atoms with Gasteiger partial charge in [0.1, 0.15) is 23.5 Å². The number of aryl methyl sites for hydroxylation is 1. The largest absolute Gasteiger partial charge is 0.477 e. The first-order valence-corrected chi connectivity index (χ1v) is 11.9. The molecule has 1 fully saturated rings. The molecule has 1 aromatic carbocycles. The van der Waals surface area contributed by atoms with Crippen molar-refractivity contribution in [3.05, 3.63) is 39.4 Å². The smallest absolute Gasteiger partial charge is 0.341 e. The molecule has 1 aromatic heterocycles. The topological polar surface area (TPSA) is 115 Å². The van der Waals surface area contributed by atoms with Gasteiger partial charge in [-0.05, 0) is 38.2 Å². The van der Waals surface area contributed by atoms with Gasteiger partial charge in [-0.15, -0.1) is 0 Å². The second-order valence-electron chi connectivity index (χ2n) is 9.91. The van der Waals surface area contributed by atoms with E-state index in [1.165, 1.54) is 12.3 Å². The summed E-state index contributed by atoms with van der Waals surface area (Å²) in [7, 11) is 0. The molecule has 0 aliphatic carbocycles. The number of carbonyl (C=O) groups is 2. The van der Waals surface area contributed by atoms with Gasteiger partial charge in [-0.3, -0.25) is 9.59 Å². The number of benzene rings is 1. The highest BCUT2D eigenvalue weighted by Gasteiger charge is 2.31. The zero-order valence-corrected chi connectivity index (χ0v) is 19.8. The zero-order valence-electron chi connectivity index (χ0n) is 19.8. The highest BCUT2D eigenvalue weighted by atomic mass is 19.1. The summed E-state index contributed by atoms with van der Waals surface area (Å²) in [5.41, 5.74) is 6.72. The molecule has 0 spiro atoms. The van der Waals surface area contributed by atoms with E-state index in [1.54, 1.807) is 4.57 Å². The van der Waals surface area contributed by atoms with Crippen LogP contribution >= 0.6 is 0 Å². The summed E-state index contributed by atoms with van der Waals surface area (Å²) < 4.78 is 22.8. The van der Waals surface area contributed by atoms with Crippen LogP contribution in [0.3, 0.4) is 0 Å². The highest BCUT2D eigenvalue weighted by Crippen LogP contribution is 2.39. The van der Waals surface area contributed by atoms with Gasteiger partial charge in [0.15, 0.2) is 0 Å². The van der Waals surface area contributed by atoms with E-state index in [2.05, 4.69) is 0 Å². The maximum atomic E-state index is 15.4. The van der Waals surface area contributed by atoms with Crippen molar-refractivity contribution in [2.24, 2.45) is 11.7 Å². The molecule has 3 heterocycles. The lowest BCUT2D eigenvalue weighted by Gasteiger charge is -2.37. The van der Waals surface area contributed by atoms with Gasteiger partial charge in [0.05, 0.1) is 11.2 Å². The van der Waals surface area contributed by atoms with Gasteiger partial charge in [0.25, 0.3) is 0 Å². The van der Waals surface area contributed by atoms with Crippen molar-refractivity contribution < 1.29 is 23.8 Å². The fraction of sp³-hybridized carbons (Fsp3) is 0.560. The minimum absolute atomic E-state index is 0.00722. The number of aromatic carboxylic acids is 1. The van der Waals surface area contributed by atoms with E-state index in [9.17, 15) is 19.5 Å². The molecule has 184 valence electrons. The number of carbonyl (C=O) groups excluding carboxylic acids is 1. The number of aromatic nitrogens is 1. The SMILES string of the molecule is CC(C)C[C@@H](N)C(=O)OC1CCN(c2c(F)cc3c(=O)c(C(=O)O)cn4c3c2CC[C@@H]4C)CC1. The Morgan fingerprint density at radius 1 is 1.26 bits per heavy atom. The zero-order chi connectivity index (χ0) is 24.7. The van der Waals surface area contributed by atoms with Gasteiger partial charge in [-0.1, -0.05) is 13.8 Å². The number of rotatable bonds is 6. The minimum atomic E-state index is -1.32. The molecule has 0 radical (unpaired) electrons. The molecular formula is C25H32FN3O5. The first-order valence-electron chi connectivity index (χ1n) is 11.9. The van der Waals surface area contributed by atoms with Gasteiger partial charge < -0.3 is 25.0 Å². The molecular weight excluding hydrogens is 441 g/mol. The Morgan fingerprint density at radius 2 is 1.94 bits per heavy atom. The van der Waals surface area contributed by atoms with E-state index in [-0.39, 0.29) is 23.1 Å². The Balaban J connectivity index is 1.61. The number of nitrogens with two attached hydrogens (primary N) is 1. The fourth-order valence-corrected chi connectivity index (χ4v) is 5.18. The van der Waals surface area contributed by atoms with Crippen molar-refractivity contribution in [2.45, 2.75) is 71.1 Å². The molecule has 0 bridgehead atoms. The number of ether oxygens (including phenoxy) is 1. The quantitative estimate of drug-likeness (QED) is 0.619. The number of hydrogen-bond donors (Lipinski definition) is 2. The lowest BCUT2D eigenvalue weighted by Crippen LogP contribution is -2.42. The minimum Gasteiger partial charge on any atom is -0.477 e. The average Bonchev–Trinajstić information content (AvgIpc) is 2.77. The number of pyridine rings is 1. The Kier molecular flexibility index (Phi) is 6.66. The van der Waals surface area contributed by atoms with Crippen molar-refractivity contribution in [3.8, 4) is 0 Å².